The number of ketones is 1. The molecule has 0 radical (unpaired) electrons. The first-order valence-corrected chi connectivity index (χ1v) is 8.03. The normalized spacial score (nSPS) is 42.9. The Morgan fingerprint density at radius 1 is 1.56 bits per heavy atom. The summed E-state index contributed by atoms with van der Waals surface area (Å²) in [5.41, 5.74) is -1.20. The van der Waals surface area contributed by atoms with E-state index in [2.05, 4.69) is 15.9 Å². The Hall–Kier alpha value is 0.0600. The van der Waals surface area contributed by atoms with Crippen LogP contribution < -0.4 is 0 Å². The Balaban J connectivity index is 2.45. The molecule has 6 heteroatoms. The average molecular weight is 311 g/mol. The van der Waals surface area contributed by atoms with Crippen molar-refractivity contribution in [1.82, 2.24) is 0 Å². The van der Waals surface area contributed by atoms with Crippen LogP contribution in [-0.4, -0.2) is 29.8 Å². The second-order valence-electron chi connectivity index (χ2n) is 5.22. The predicted molar refractivity (Wildman–Crippen MR) is 63.1 cm³/mol. The van der Waals surface area contributed by atoms with Crippen LogP contribution in [0.1, 0.15) is 26.2 Å². The number of alkyl halides is 1. The highest BCUT2D eigenvalue weighted by Crippen LogP contribution is 2.64. The molecule has 0 aromatic carbocycles. The quantitative estimate of drug-likeness (QED) is 0.635. The Labute approximate surface area is 104 Å². The second kappa shape index (κ2) is 3.53. The van der Waals surface area contributed by atoms with E-state index in [1.54, 1.807) is 0 Å². The first-order valence-electron chi connectivity index (χ1n) is 5.30. The molecular weight excluding hydrogens is 296 g/mol. The van der Waals surface area contributed by atoms with E-state index in [4.69, 9.17) is 4.55 Å². The SMILES string of the molecule is CC1(CS(=O)(=O)O)C2CCC1(CBr)C(=O)C2. The lowest BCUT2D eigenvalue weighted by Crippen LogP contribution is -2.43. The van der Waals surface area contributed by atoms with E-state index in [1.165, 1.54) is 0 Å². The molecule has 2 aliphatic rings. The number of carbonyl (C=O) groups is 1. The van der Waals surface area contributed by atoms with Crippen molar-refractivity contribution in [2.24, 2.45) is 16.7 Å². The van der Waals surface area contributed by atoms with E-state index in [-0.39, 0.29) is 17.5 Å². The van der Waals surface area contributed by atoms with Crippen LogP contribution in [0.25, 0.3) is 0 Å². The molecule has 0 aliphatic heterocycles. The molecule has 0 saturated heterocycles. The monoisotopic (exact) mass is 310 g/mol. The number of fused-ring (bicyclic) bond motifs is 2. The molecule has 2 saturated carbocycles. The number of carbonyl (C=O) groups excluding carboxylic acids is 1. The maximum atomic E-state index is 12.0. The minimum atomic E-state index is -4.04. The maximum absolute atomic E-state index is 12.0. The molecule has 0 aromatic rings. The molecule has 2 fully saturated rings. The molecule has 92 valence electrons. The smallest absolute Gasteiger partial charge is 0.265 e. The Morgan fingerprint density at radius 2 is 2.19 bits per heavy atom. The van der Waals surface area contributed by atoms with Gasteiger partial charge in [0.2, 0.25) is 0 Å². The molecule has 4 nitrogen and oxygen atoms in total. The Bertz CT molecular complexity index is 432. The topological polar surface area (TPSA) is 71.4 Å². The van der Waals surface area contributed by atoms with Crippen molar-refractivity contribution in [1.29, 1.82) is 0 Å². The molecule has 2 aliphatic carbocycles. The largest absolute Gasteiger partial charge is 0.299 e. The van der Waals surface area contributed by atoms with Gasteiger partial charge in [-0.05, 0) is 18.8 Å². The van der Waals surface area contributed by atoms with Gasteiger partial charge in [-0.25, -0.2) is 0 Å². The molecule has 0 heterocycles. The molecule has 2 bridgehead atoms. The van der Waals surface area contributed by atoms with Crippen LogP contribution in [0.3, 0.4) is 0 Å². The van der Waals surface area contributed by atoms with Crippen molar-refractivity contribution in [3.8, 4) is 0 Å². The number of halogens is 1. The highest BCUT2D eigenvalue weighted by Gasteiger charge is 2.66. The zero-order chi connectivity index (χ0) is 12.2. The van der Waals surface area contributed by atoms with Crippen molar-refractivity contribution in [3.05, 3.63) is 0 Å². The van der Waals surface area contributed by atoms with Crippen LogP contribution in [0.2, 0.25) is 0 Å². The third-order valence-electron chi connectivity index (χ3n) is 4.59. The van der Waals surface area contributed by atoms with Crippen molar-refractivity contribution < 1.29 is 17.8 Å². The zero-order valence-electron chi connectivity index (χ0n) is 9.07. The summed E-state index contributed by atoms with van der Waals surface area (Å²) in [5, 5.41) is 0.487. The van der Waals surface area contributed by atoms with Gasteiger partial charge in [0.25, 0.3) is 10.1 Å². The number of Topliss-reactive ketones (excluding diaryl/α,β-unsaturated/α-hetero) is 1. The van der Waals surface area contributed by atoms with Gasteiger partial charge in [0, 0.05) is 22.6 Å². The first kappa shape index (κ1) is 12.5. The Morgan fingerprint density at radius 3 is 2.62 bits per heavy atom. The fraction of sp³-hybridized carbons (Fsp3) is 0.900. The molecule has 0 amide bonds. The predicted octanol–water partition coefficient (Wildman–Crippen LogP) is 1.64. The van der Waals surface area contributed by atoms with Crippen LogP contribution in [0.4, 0.5) is 0 Å². The minimum absolute atomic E-state index is 0.0967. The third-order valence-corrected chi connectivity index (χ3v) is 6.51. The van der Waals surface area contributed by atoms with Crippen LogP contribution in [-0.2, 0) is 14.9 Å². The van der Waals surface area contributed by atoms with Gasteiger partial charge in [-0.1, -0.05) is 22.9 Å². The first-order chi connectivity index (χ1) is 7.25. The highest BCUT2D eigenvalue weighted by atomic mass is 79.9. The lowest BCUT2D eigenvalue weighted by atomic mass is 9.70. The fourth-order valence-corrected chi connectivity index (χ4v) is 6.05. The van der Waals surface area contributed by atoms with Gasteiger partial charge in [-0.3, -0.25) is 9.35 Å². The molecule has 3 unspecified atom stereocenters. The standard InChI is InChI=1S/C10H15BrO4S/c1-9(6-16(13,14)15)7-2-3-10(9,5-11)8(12)4-7/h7H,2-6H2,1H3,(H,13,14,15). The van der Waals surface area contributed by atoms with Crippen molar-refractivity contribution in [3.63, 3.8) is 0 Å². The van der Waals surface area contributed by atoms with Crippen LogP contribution >= 0.6 is 15.9 Å². The fourth-order valence-electron chi connectivity index (χ4n) is 3.55. The number of hydrogen-bond donors (Lipinski definition) is 1. The van der Waals surface area contributed by atoms with Crippen molar-refractivity contribution in [2.75, 3.05) is 11.1 Å². The minimum Gasteiger partial charge on any atom is -0.299 e. The molecule has 1 N–H and O–H groups in total. The second-order valence-corrected chi connectivity index (χ2v) is 7.24. The van der Waals surface area contributed by atoms with Gasteiger partial charge < -0.3 is 0 Å². The van der Waals surface area contributed by atoms with E-state index in [9.17, 15) is 13.2 Å². The van der Waals surface area contributed by atoms with Gasteiger partial charge in [0.1, 0.15) is 5.78 Å². The zero-order valence-corrected chi connectivity index (χ0v) is 11.5. The summed E-state index contributed by atoms with van der Waals surface area (Å²) in [6.07, 6.45) is 2.06. The van der Waals surface area contributed by atoms with Crippen molar-refractivity contribution in [2.45, 2.75) is 26.2 Å². The van der Waals surface area contributed by atoms with Gasteiger partial charge >= 0.3 is 0 Å². The van der Waals surface area contributed by atoms with E-state index in [0.717, 1.165) is 12.8 Å². The van der Waals surface area contributed by atoms with Gasteiger partial charge in [0.15, 0.2) is 0 Å². The summed E-state index contributed by atoms with van der Waals surface area (Å²) in [7, 11) is -4.04. The highest BCUT2D eigenvalue weighted by molar-refractivity contribution is 9.09. The average Bonchev–Trinajstić information content (AvgIpc) is 2.48. The van der Waals surface area contributed by atoms with Gasteiger partial charge in [-0.2, -0.15) is 8.42 Å². The van der Waals surface area contributed by atoms with Crippen LogP contribution in [0.5, 0.6) is 0 Å². The molecule has 3 atom stereocenters. The molecule has 0 spiro atoms. The van der Waals surface area contributed by atoms with Crippen LogP contribution in [0, 0.1) is 16.7 Å². The molecular formula is C10H15BrO4S. The summed E-state index contributed by atoms with van der Waals surface area (Å²) in [6.45, 7) is 1.82. The molecule has 16 heavy (non-hydrogen) atoms. The maximum Gasteiger partial charge on any atom is 0.265 e. The lowest BCUT2D eigenvalue weighted by molar-refractivity contribution is -0.127. The van der Waals surface area contributed by atoms with E-state index >= 15 is 0 Å². The summed E-state index contributed by atoms with van der Waals surface area (Å²) < 4.78 is 31.3. The molecule has 2 rings (SSSR count). The summed E-state index contributed by atoms with van der Waals surface area (Å²) in [4.78, 5) is 12.0. The van der Waals surface area contributed by atoms with E-state index in [0.29, 0.717) is 11.8 Å². The lowest BCUT2D eigenvalue weighted by Gasteiger charge is -2.37. The third kappa shape index (κ3) is 1.49. The summed E-state index contributed by atoms with van der Waals surface area (Å²) in [5.74, 6) is -0.0617. The van der Waals surface area contributed by atoms with E-state index in [1.807, 2.05) is 6.92 Å². The summed E-state index contributed by atoms with van der Waals surface area (Å²) in [6, 6.07) is 0. The van der Waals surface area contributed by atoms with Crippen LogP contribution in [0.15, 0.2) is 0 Å². The van der Waals surface area contributed by atoms with Gasteiger partial charge in [0.05, 0.1) is 5.75 Å². The van der Waals surface area contributed by atoms with Crippen molar-refractivity contribution >= 4 is 31.8 Å². The number of rotatable bonds is 3. The number of hydrogen-bond acceptors (Lipinski definition) is 3. The summed E-state index contributed by atoms with van der Waals surface area (Å²) >= 11 is 3.35. The Kier molecular flexibility index (Phi) is 2.76. The molecule has 0 aromatic heterocycles. The van der Waals surface area contributed by atoms with E-state index < -0.39 is 20.9 Å². The van der Waals surface area contributed by atoms with Gasteiger partial charge in [-0.15, -0.1) is 0 Å².